The van der Waals surface area contributed by atoms with Crippen LogP contribution in [-0.2, 0) is 14.3 Å². The van der Waals surface area contributed by atoms with E-state index >= 15 is 0 Å². The number of cyclic esters (lactones) is 1. The number of rotatable bonds is 4. The van der Waals surface area contributed by atoms with E-state index in [4.69, 9.17) is 9.47 Å². The molecule has 0 spiro atoms. The molecular formula is C20H16N2O6. The second-order valence-corrected chi connectivity index (χ2v) is 6.22. The van der Waals surface area contributed by atoms with Crippen molar-refractivity contribution in [3.8, 4) is 5.75 Å². The molecular weight excluding hydrogens is 364 g/mol. The highest BCUT2D eigenvalue weighted by atomic mass is 16.6. The van der Waals surface area contributed by atoms with Crippen LogP contribution in [0.3, 0.4) is 0 Å². The average Bonchev–Trinajstić information content (AvgIpc) is 2.99. The lowest BCUT2D eigenvalue weighted by molar-refractivity contribution is -0.384. The molecule has 0 unspecified atom stereocenters. The van der Waals surface area contributed by atoms with Gasteiger partial charge in [0.15, 0.2) is 5.70 Å². The largest absolute Gasteiger partial charge is 0.426 e. The standard InChI is InChI=1S/C20H16N2O6/c1-11-7-14(8-12(2)18(11)27-13(3)23)9-17-20(24)28-19(21-17)15-5-4-6-16(10-15)22(25)26/h4-10H,1-3H3/b17-9-. The molecule has 28 heavy (non-hydrogen) atoms. The van der Waals surface area contributed by atoms with Crippen LogP contribution in [0, 0.1) is 24.0 Å². The maximum atomic E-state index is 12.2. The summed E-state index contributed by atoms with van der Waals surface area (Å²) >= 11 is 0. The van der Waals surface area contributed by atoms with Gasteiger partial charge in [-0.2, -0.15) is 0 Å². The molecule has 0 atom stereocenters. The Morgan fingerprint density at radius 3 is 2.50 bits per heavy atom. The van der Waals surface area contributed by atoms with Crippen molar-refractivity contribution in [3.05, 3.63) is 74.5 Å². The zero-order valence-electron chi connectivity index (χ0n) is 15.4. The Hall–Kier alpha value is -3.81. The first kappa shape index (κ1) is 19.0. The minimum absolute atomic E-state index is 0.00456. The second-order valence-electron chi connectivity index (χ2n) is 6.22. The monoisotopic (exact) mass is 380 g/mol. The number of carbonyl (C=O) groups is 2. The van der Waals surface area contributed by atoms with Crippen molar-refractivity contribution in [1.29, 1.82) is 0 Å². The third-order valence-corrected chi connectivity index (χ3v) is 3.96. The number of nitro groups is 1. The predicted molar refractivity (Wildman–Crippen MR) is 101 cm³/mol. The Bertz CT molecular complexity index is 1050. The summed E-state index contributed by atoms with van der Waals surface area (Å²) in [5.41, 5.74) is 2.43. The Balaban J connectivity index is 1.95. The molecule has 8 nitrogen and oxygen atoms in total. The highest BCUT2D eigenvalue weighted by Crippen LogP contribution is 2.27. The number of non-ortho nitro benzene ring substituents is 1. The minimum atomic E-state index is -0.652. The molecule has 0 bridgehead atoms. The van der Waals surface area contributed by atoms with Crippen LogP contribution in [0.25, 0.3) is 6.08 Å². The highest BCUT2D eigenvalue weighted by Gasteiger charge is 2.25. The van der Waals surface area contributed by atoms with E-state index in [0.29, 0.717) is 16.9 Å². The van der Waals surface area contributed by atoms with E-state index in [1.807, 2.05) is 0 Å². The number of nitro benzene ring substituents is 1. The van der Waals surface area contributed by atoms with E-state index in [9.17, 15) is 19.7 Å². The van der Waals surface area contributed by atoms with Gasteiger partial charge >= 0.3 is 11.9 Å². The molecule has 0 aliphatic carbocycles. The molecule has 0 saturated carbocycles. The molecule has 0 amide bonds. The molecule has 0 aromatic heterocycles. The summed E-state index contributed by atoms with van der Waals surface area (Å²) in [4.78, 5) is 37.9. The SMILES string of the molecule is CC(=O)Oc1c(C)cc(/C=C2\N=C(c3cccc([N+](=O)[O-])c3)OC2=O)cc1C. The zero-order valence-corrected chi connectivity index (χ0v) is 15.4. The number of hydrogen-bond acceptors (Lipinski definition) is 7. The van der Waals surface area contributed by atoms with Gasteiger partial charge in [0.25, 0.3) is 5.69 Å². The van der Waals surface area contributed by atoms with E-state index < -0.39 is 16.9 Å². The van der Waals surface area contributed by atoms with Gasteiger partial charge in [0.1, 0.15) is 5.75 Å². The van der Waals surface area contributed by atoms with Gasteiger partial charge in [-0.25, -0.2) is 9.79 Å². The summed E-state index contributed by atoms with van der Waals surface area (Å²) < 4.78 is 10.3. The molecule has 3 rings (SSSR count). The fourth-order valence-electron chi connectivity index (χ4n) is 2.81. The van der Waals surface area contributed by atoms with Gasteiger partial charge in [0, 0.05) is 24.6 Å². The predicted octanol–water partition coefficient (Wildman–Crippen LogP) is 3.48. The van der Waals surface area contributed by atoms with E-state index in [1.54, 1.807) is 38.1 Å². The third-order valence-electron chi connectivity index (χ3n) is 3.96. The summed E-state index contributed by atoms with van der Waals surface area (Å²) in [5, 5.41) is 10.9. The normalized spacial score (nSPS) is 14.6. The molecule has 0 saturated heterocycles. The Kier molecular flexibility index (Phi) is 5.04. The lowest BCUT2D eigenvalue weighted by atomic mass is 10.0. The maximum Gasteiger partial charge on any atom is 0.363 e. The highest BCUT2D eigenvalue weighted by molar-refractivity contribution is 6.13. The van der Waals surface area contributed by atoms with E-state index in [2.05, 4.69) is 4.99 Å². The molecule has 142 valence electrons. The van der Waals surface area contributed by atoms with Crippen LogP contribution in [-0.4, -0.2) is 22.8 Å². The summed E-state index contributed by atoms with van der Waals surface area (Å²) in [6.45, 7) is 4.91. The van der Waals surface area contributed by atoms with E-state index in [-0.39, 0.29) is 17.3 Å². The summed E-state index contributed by atoms with van der Waals surface area (Å²) in [7, 11) is 0. The topological polar surface area (TPSA) is 108 Å². The number of nitrogens with zero attached hydrogens (tertiary/aromatic N) is 2. The van der Waals surface area contributed by atoms with Crippen LogP contribution in [0.4, 0.5) is 5.69 Å². The van der Waals surface area contributed by atoms with Crippen molar-refractivity contribution in [1.82, 2.24) is 0 Å². The van der Waals surface area contributed by atoms with Crippen LogP contribution in [0.1, 0.15) is 29.2 Å². The zero-order chi connectivity index (χ0) is 20.4. The van der Waals surface area contributed by atoms with Gasteiger partial charge in [-0.3, -0.25) is 14.9 Å². The van der Waals surface area contributed by atoms with Gasteiger partial charge in [-0.05, 0) is 54.8 Å². The minimum Gasteiger partial charge on any atom is -0.426 e. The maximum absolute atomic E-state index is 12.2. The van der Waals surface area contributed by atoms with Crippen LogP contribution in [0.15, 0.2) is 47.1 Å². The van der Waals surface area contributed by atoms with Gasteiger partial charge in [-0.1, -0.05) is 6.07 Å². The van der Waals surface area contributed by atoms with Gasteiger partial charge in [0.2, 0.25) is 5.90 Å². The van der Waals surface area contributed by atoms with Crippen LogP contribution in [0.5, 0.6) is 5.75 Å². The third kappa shape index (κ3) is 3.96. The van der Waals surface area contributed by atoms with Crippen molar-refractivity contribution >= 4 is 29.6 Å². The number of esters is 2. The van der Waals surface area contributed by atoms with Crippen LogP contribution >= 0.6 is 0 Å². The molecule has 1 aliphatic rings. The lowest BCUT2D eigenvalue weighted by Crippen LogP contribution is -2.06. The van der Waals surface area contributed by atoms with Gasteiger partial charge in [0.05, 0.1) is 4.92 Å². The fourth-order valence-corrected chi connectivity index (χ4v) is 2.81. The molecule has 8 heteroatoms. The van der Waals surface area contributed by atoms with Crippen LogP contribution < -0.4 is 4.74 Å². The molecule has 2 aromatic rings. The average molecular weight is 380 g/mol. The molecule has 0 N–H and O–H groups in total. The second kappa shape index (κ2) is 7.43. The smallest absolute Gasteiger partial charge is 0.363 e. The first-order valence-corrected chi connectivity index (χ1v) is 8.31. The van der Waals surface area contributed by atoms with Crippen molar-refractivity contribution in [2.45, 2.75) is 20.8 Å². The molecule has 1 heterocycles. The van der Waals surface area contributed by atoms with Crippen molar-refractivity contribution in [2.24, 2.45) is 4.99 Å². The first-order valence-electron chi connectivity index (χ1n) is 8.31. The van der Waals surface area contributed by atoms with Gasteiger partial charge < -0.3 is 9.47 Å². The molecule has 2 aromatic carbocycles. The number of benzene rings is 2. The Morgan fingerprint density at radius 2 is 1.89 bits per heavy atom. The summed E-state index contributed by atoms with van der Waals surface area (Å²) in [6, 6.07) is 9.21. The Labute approximate surface area is 160 Å². The van der Waals surface area contributed by atoms with Crippen LogP contribution in [0.2, 0.25) is 0 Å². The molecule has 0 fully saturated rings. The summed E-state index contributed by atoms with van der Waals surface area (Å²) in [6.07, 6.45) is 1.55. The quantitative estimate of drug-likeness (QED) is 0.264. The Morgan fingerprint density at radius 1 is 1.21 bits per heavy atom. The molecule has 0 radical (unpaired) electrons. The molecule has 1 aliphatic heterocycles. The number of aliphatic imine (C=N–C) groups is 1. The van der Waals surface area contributed by atoms with Crippen molar-refractivity contribution in [2.75, 3.05) is 0 Å². The first-order chi connectivity index (χ1) is 13.2. The lowest BCUT2D eigenvalue weighted by Gasteiger charge is -2.10. The van der Waals surface area contributed by atoms with E-state index in [1.165, 1.54) is 25.1 Å². The number of carbonyl (C=O) groups excluding carboxylic acids is 2. The van der Waals surface area contributed by atoms with Crippen molar-refractivity contribution < 1.29 is 24.0 Å². The number of ether oxygens (including phenoxy) is 2. The summed E-state index contributed by atoms with van der Waals surface area (Å²) in [5.74, 6) is -0.585. The van der Waals surface area contributed by atoms with E-state index in [0.717, 1.165) is 11.1 Å². The fraction of sp³-hybridized carbons (Fsp3) is 0.150. The number of aryl methyl sites for hydroxylation is 2. The van der Waals surface area contributed by atoms with Crippen molar-refractivity contribution in [3.63, 3.8) is 0 Å². The number of hydrogen-bond donors (Lipinski definition) is 0. The van der Waals surface area contributed by atoms with Gasteiger partial charge in [-0.15, -0.1) is 0 Å².